The molecule has 0 aliphatic heterocycles. The standard InChI is InChI=1S/C17H33N3/c1-6-7-8-9-10-11-12-20-16(5)17(15(4)19-20)13-18-14(2)3/h14,18H,6-13H2,1-5H3. The largest absolute Gasteiger partial charge is 0.310 e. The van der Waals surface area contributed by atoms with Crippen LogP contribution in [0, 0.1) is 13.8 Å². The van der Waals surface area contributed by atoms with E-state index in [1.807, 2.05) is 0 Å². The third-order valence-electron chi connectivity index (χ3n) is 3.94. The van der Waals surface area contributed by atoms with Crippen LogP contribution in [0.2, 0.25) is 0 Å². The summed E-state index contributed by atoms with van der Waals surface area (Å²) in [6, 6.07) is 0.524. The van der Waals surface area contributed by atoms with Gasteiger partial charge < -0.3 is 5.32 Å². The summed E-state index contributed by atoms with van der Waals surface area (Å²) >= 11 is 0. The molecule has 0 radical (unpaired) electrons. The van der Waals surface area contributed by atoms with Crippen LogP contribution in [-0.2, 0) is 13.1 Å². The highest BCUT2D eigenvalue weighted by atomic mass is 15.3. The van der Waals surface area contributed by atoms with Crippen LogP contribution in [0.3, 0.4) is 0 Å². The maximum absolute atomic E-state index is 4.70. The van der Waals surface area contributed by atoms with Crippen molar-refractivity contribution in [3.8, 4) is 0 Å². The van der Waals surface area contributed by atoms with Crippen molar-refractivity contribution >= 4 is 0 Å². The van der Waals surface area contributed by atoms with Crippen LogP contribution < -0.4 is 5.32 Å². The van der Waals surface area contributed by atoms with Crippen LogP contribution in [-0.4, -0.2) is 15.8 Å². The predicted octanol–water partition coefficient (Wildman–Crippen LogP) is 4.36. The van der Waals surface area contributed by atoms with Crippen molar-refractivity contribution in [3.05, 3.63) is 17.0 Å². The van der Waals surface area contributed by atoms with Crippen molar-refractivity contribution in [2.24, 2.45) is 0 Å². The molecule has 0 aliphatic carbocycles. The van der Waals surface area contributed by atoms with Gasteiger partial charge in [0.15, 0.2) is 0 Å². The fourth-order valence-corrected chi connectivity index (χ4v) is 2.56. The molecule has 1 aromatic heterocycles. The predicted molar refractivity (Wildman–Crippen MR) is 87.1 cm³/mol. The van der Waals surface area contributed by atoms with Gasteiger partial charge in [-0.1, -0.05) is 52.9 Å². The molecule has 0 unspecified atom stereocenters. The second-order valence-corrected chi connectivity index (χ2v) is 6.18. The molecule has 0 spiro atoms. The van der Waals surface area contributed by atoms with Gasteiger partial charge in [-0.3, -0.25) is 4.68 Å². The van der Waals surface area contributed by atoms with E-state index in [9.17, 15) is 0 Å². The summed E-state index contributed by atoms with van der Waals surface area (Å²) in [5, 5.41) is 8.19. The summed E-state index contributed by atoms with van der Waals surface area (Å²) in [7, 11) is 0. The zero-order valence-corrected chi connectivity index (χ0v) is 14.1. The number of hydrogen-bond acceptors (Lipinski definition) is 2. The van der Waals surface area contributed by atoms with Gasteiger partial charge in [0.05, 0.1) is 5.69 Å². The molecule has 116 valence electrons. The van der Waals surface area contributed by atoms with E-state index in [-0.39, 0.29) is 0 Å². The quantitative estimate of drug-likeness (QED) is 0.645. The topological polar surface area (TPSA) is 29.9 Å². The van der Waals surface area contributed by atoms with E-state index in [2.05, 4.69) is 44.6 Å². The monoisotopic (exact) mass is 279 g/mol. The molecule has 1 N–H and O–H groups in total. The highest BCUT2D eigenvalue weighted by Gasteiger charge is 2.11. The van der Waals surface area contributed by atoms with Gasteiger partial charge in [-0.15, -0.1) is 0 Å². The zero-order chi connectivity index (χ0) is 15.0. The Bertz CT molecular complexity index is 380. The maximum Gasteiger partial charge on any atom is 0.0641 e. The lowest BCUT2D eigenvalue weighted by Gasteiger charge is -2.09. The Labute approximate surface area is 125 Å². The summed E-state index contributed by atoms with van der Waals surface area (Å²) in [6.45, 7) is 13.0. The number of unbranched alkanes of at least 4 members (excludes halogenated alkanes) is 5. The first-order valence-electron chi connectivity index (χ1n) is 8.32. The summed E-state index contributed by atoms with van der Waals surface area (Å²) in [4.78, 5) is 0. The molecule has 20 heavy (non-hydrogen) atoms. The Kier molecular flexibility index (Phi) is 7.90. The van der Waals surface area contributed by atoms with Crippen molar-refractivity contribution in [1.29, 1.82) is 0 Å². The molecular weight excluding hydrogens is 246 g/mol. The van der Waals surface area contributed by atoms with Crippen LogP contribution in [0.15, 0.2) is 0 Å². The number of nitrogens with zero attached hydrogens (tertiary/aromatic N) is 2. The number of aromatic nitrogens is 2. The molecular formula is C17H33N3. The van der Waals surface area contributed by atoms with Gasteiger partial charge in [0.25, 0.3) is 0 Å². The Balaban J connectivity index is 2.40. The van der Waals surface area contributed by atoms with Crippen molar-refractivity contribution in [3.63, 3.8) is 0 Å². The second kappa shape index (κ2) is 9.17. The van der Waals surface area contributed by atoms with Crippen molar-refractivity contribution in [2.45, 2.75) is 92.3 Å². The van der Waals surface area contributed by atoms with Gasteiger partial charge in [0, 0.05) is 30.4 Å². The van der Waals surface area contributed by atoms with Gasteiger partial charge in [0.1, 0.15) is 0 Å². The van der Waals surface area contributed by atoms with E-state index in [1.165, 1.54) is 55.5 Å². The van der Waals surface area contributed by atoms with Crippen LogP contribution in [0.25, 0.3) is 0 Å². The number of nitrogens with one attached hydrogen (secondary N) is 1. The van der Waals surface area contributed by atoms with E-state index in [4.69, 9.17) is 5.10 Å². The Morgan fingerprint density at radius 1 is 1.05 bits per heavy atom. The van der Waals surface area contributed by atoms with E-state index < -0.39 is 0 Å². The molecule has 0 amide bonds. The highest BCUT2D eigenvalue weighted by molar-refractivity contribution is 5.24. The van der Waals surface area contributed by atoms with Gasteiger partial charge in [-0.25, -0.2) is 0 Å². The molecule has 3 nitrogen and oxygen atoms in total. The van der Waals surface area contributed by atoms with Crippen LogP contribution in [0.5, 0.6) is 0 Å². The Hall–Kier alpha value is -0.830. The lowest BCUT2D eigenvalue weighted by molar-refractivity contribution is 0.516. The van der Waals surface area contributed by atoms with Crippen molar-refractivity contribution in [1.82, 2.24) is 15.1 Å². The minimum Gasteiger partial charge on any atom is -0.310 e. The fraction of sp³-hybridized carbons (Fsp3) is 0.824. The van der Waals surface area contributed by atoms with E-state index in [1.54, 1.807) is 0 Å². The minimum absolute atomic E-state index is 0.524. The molecule has 0 bridgehead atoms. The molecule has 0 atom stereocenters. The molecule has 1 aromatic rings. The fourth-order valence-electron chi connectivity index (χ4n) is 2.56. The normalized spacial score (nSPS) is 11.5. The summed E-state index contributed by atoms with van der Waals surface area (Å²) in [5.74, 6) is 0. The van der Waals surface area contributed by atoms with E-state index in [0.717, 1.165) is 13.1 Å². The lowest BCUT2D eigenvalue weighted by atomic mass is 10.1. The molecule has 0 saturated carbocycles. The molecule has 1 heterocycles. The molecule has 0 saturated heterocycles. The van der Waals surface area contributed by atoms with E-state index >= 15 is 0 Å². The van der Waals surface area contributed by atoms with Gasteiger partial charge in [0.2, 0.25) is 0 Å². The number of hydrogen-bond donors (Lipinski definition) is 1. The second-order valence-electron chi connectivity index (χ2n) is 6.18. The van der Waals surface area contributed by atoms with Gasteiger partial charge >= 0.3 is 0 Å². The highest BCUT2D eigenvalue weighted by Crippen LogP contribution is 2.14. The third-order valence-corrected chi connectivity index (χ3v) is 3.94. The third kappa shape index (κ3) is 5.66. The Morgan fingerprint density at radius 2 is 1.70 bits per heavy atom. The SMILES string of the molecule is CCCCCCCCn1nc(C)c(CNC(C)C)c1C. The zero-order valence-electron chi connectivity index (χ0n) is 14.1. The lowest BCUT2D eigenvalue weighted by Crippen LogP contribution is -2.22. The molecule has 0 aromatic carbocycles. The van der Waals surface area contributed by atoms with Crippen LogP contribution in [0.4, 0.5) is 0 Å². The first-order valence-corrected chi connectivity index (χ1v) is 8.32. The molecule has 1 rings (SSSR count). The average molecular weight is 279 g/mol. The minimum atomic E-state index is 0.524. The summed E-state index contributed by atoms with van der Waals surface area (Å²) in [6.07, 6.45) is 8.04. The first kappa shape index (κ1) is 17.2. The summed E-state index contributed by atoms with van der Waals surface area (Å²) in [5.41, 5.74) is 3.90. The first-order chi connectivity index (χ1) is 9.56. The van der Waals surface area contributed by atoms with Crippen molar-refractivity contribution < 1.29 is 0 Å². The van der Waals surface area contributed by atoms with Crippen LogP contribution in [0.1, 0.15) is 76.2 Å². The average Bonchev–Trinajstić information content (AvgIpc) is 2.66. The van der Waals surface area contributed by atoms with Gasteiger partial charge in [-0.05, 0) is 20.3 Å². The molecule has 3 heteroatoms. The number of aryl methyl sites for hydroxylation is 2. The van der Waals surface area contributed by atoms with Gasteiger partial charge in [-0.2, -0.15) is 5.10 Å². The Morgan fingerprint density at radius 3 is 2.35 bits per heavy atom. The maximum atomic E-state index is 4.70. The van der Waals surface area contributed by atoms with E-state index in [0.29, 0.717) is 6.04 Å². The summed E-state index contributed by atoms with van der Waals surface area (Å²) < 4.78 is 2.20. The van der Waals surface area contributed by atoms with Crippen molar-refractivity contribution in [2.75, 3.05) is 0 Å². The molecule has 0 aliphatic rings. The smallest absolute Gasteiger partial charge is 0.0641 e. The number of rotatable bonds is 10. The molecule has 0 fully saturated rings. The van der Waals surface area contributed by atoms with Crippen LogP contribution >= 0.6 is 0 Å².